The highest BCUT2D eigenvalue weighted by Gasteiger charge is 2.37. The molecule has 2 heterocycles. The first kappa shape index (κ1) is 27.0. The predicted molar refractivity (Wildman–Crippen MR) is 154 cm³/mol. The quantitative estimate of drug-likeness (QED) is 0.306. The zero-order chi connectivity index (χ0) is 28.2. The summed E-state index contributed by atoms with van der Waals surface area (Å²) in [5, 5.41) is 0. The van der Waals surface area contributed by atoms with Gasteiger partial charge in [-0.05, 0) is 36.8 Å². The molecule has 0 N–H and O–H groups in total. The van der Waals surface area contributed by atoms with Gasteiger partial charge in [-0.15, -0.1) is 0 Å². The summed E-state index contributed by atoms with van der Waals surface area (Å²) in [6.45, 7) is 1.90. The fraction of sp³-hybridized carbons (Fsp3) is 0.194. The number of hydrogen-bond donors (Lipinski definition) is 0. The summed E-state index contributed by atoms with van der Waals surface area (Å²) >= 11 is 1.25. The number of carbonyl (C=O) groups is 1. The van der Waals surface area contributed by atoms with Crippen LogP contribution < -0.4 is 29.1 Å². The first-order valence-corrected chi connectivity index (χ1v) is 13.5. The number of nitrogens with zero attached hydrogens (tertiary/aromatic N) is 2. The molecule has 0 amide bonds. The highest BCUT2D eigenvalue weighted by Crippen LogP contribution is 2.42. The van der Waals surface area contributed by atoms with Gasteiger partial charge in [0, 0.05) is 11.1 Å². The summed E-state index contributed by atoms with van der Waals surface area (Å²) in [5.74, 6) is 1.04. The molecule has 0 saturated carbocycles. The maximum absolute atomic E-state index is 14.1. The molecule has 1 aliphatic heterocycles. The van der Waals surface area contributed by atoms with Crippen LogP contribution in [0.2, 0.25) is 0 Å². The Balaban J connectivity index is 1.85. The lowest BCUT2D eigenvalue weighted by atomic mass is 9.92. The van der Waals surface area contributed by atoms with Gasteiger partial charge in [0.2, 0.25) is 0 Å². The number of para-hydroxylation sites is 1. The second-order valence-corrected chi connectivity index (χ2v) is 9.80. The van der Waals surface area contributed by atoms with Crippen LogP contribution in [0.25, 0.3) is 11.8 Å². The van der Waals surface area contributed by atoms with Crippen LogP contribution >= 0.6 is 11.3 Å². The van der Waals surface area contributed by atoms with Crippen molar-refractivity contribution in [3.63, 3.8) is 0 Å². The number of esters is 1. The van der Waals surface area contributed by atoms with Crippen LogP contribution in [0.5, 0.6) is 17.2 Å². The molecule has 1 atom stereocenters. The Hall–Kier alpha value is -4.63. The predicted octanol–water partition coefficient (Wildman–Crippen LogP) is 3.96. The first-order valence-electron chi connectivity index (χ1n) is 12.6. The summed E-state index contributed by atoms with van der Waals surface area (Å²) in [6.07, 6.45) is 1.80. The Morgan fingerprint density at radius 3 is 2.35 bits per heavy atom. The molecular weight excluding hydrogens is 528 g/mol. The van der Waals surface area contributed by atoms with Gasteiger partial charge in [-0.1, -0.05) is 65.9 Å². The number of fused-ring (bicyclic) bond motifs is 1. The zero-order valence-electron chi connectivity index (χ0n) is 22.5. The highest BCUT2D eigenvalue weighted by atomic mass is 32.1. The van der Waals surface area contributed by atoms with E-state index in [1.807, 2.05) is 60.7 Å². The molecule has 3 aromatic carbocycles. The molecule has 0 radical (unpaired) electrons. The van der Waals surface area contributed by atoms with E-state index < -0.39 is 12.0 Å². The lowest BCUT2D eigenvalue weighted by Crippen LogP contribution is -2.40. The zero-order valence-corrected chi connectivity index (χ0v) is 23.4. The van der Waals surface area contributed by atoms with E-state index >= 15 is 0 Å². The van der Waals surface area contributed by atoms with E-state index in [0.29, 0.717) is 32.1 Å². The van der Waals surface area contributed by atoms with Crippen molar-refractivity contribution in [2.45, 2.75) is 13.0 Å². The van der Waals surface area contributed by atoms with Gasteiger partial charge in [0.1, 0.15) is 11.8 Å². The Bertz CT molecular complexity index is 1750. The molecule has 0 spiro atoms. The van der Waals surface area contributed by atoms with Crippen molar-refractivity contribution in [2.75, 3.05) is 27.9 Å². The molecule has 9 heteroatoms. The molecule has 5 rings (SSSR count). The third-order valence-corrected chi connectivity index (χ3v) is 7.50. The fourth-order valence-corrected chi connectivity index (χ4v) is 5.71. The van der Waals surface area contributed by atoms with E-state index in [4.69, 9.17) is 23.9 Å². The Kier molecular flexibility index (Phi) is 7.84. The molecule has 0 aliphatic carbocycles. The molecule has 204 valence electrons. The Morgan fingerprint density at radius 1 is 0.950 bits per heavy atom. The molecule has 4 aromatic rings. The van der Waals surface area contributed by atoms with Crippen LogP contribution in [0.15, 0.2) is 88.2 Å². The molecule has 1 aromatic heterocycles. The van der Waals surface area contributed by atoms with E-state index in [9.17, 15) is 9.59 Å². The van der Waals surface area contributed by atoms with Gasteiger partial charge >= 0.3 is 5.97 Å². The molecular formula is C31H28N2O6S. The third-order valence-electron chi connectivity index (χ3n) is 6.52. The molecule has 1 unspecified atom stereocenters. The van der Waals surface area contributed by atoms with Crippen LogP contribution in [-0.4, -0.2) is 38.5 Å². The average Bonchev–Trinajstić information content (AvgIpc) is 3.30. The number of benzene rings is 3. The normalized spacial score (nSPS) is 14.8. The lowest BCUT2D eigenvalue weighted by molar-refractivity contribution is -0.138. The van der Waals surface area contributed by atoms with Crippen LogP contribution in [0.3, 0.4) is 0 Å². The van der Waals surface area contributed by atoms with E-state index in [0.717, 1.165) is 16.9 Å². The van der Waals surface area contributed by atoms with E-state index in [1.54, 1.807) is 39.4 Å². The summed E-state index contributed by atoms with van der Waals surface area (Å²) < 4.78 is 24.1. The maximum Gasteiger partial charge on any atom is 0.338 e. The van der Waals surface area contributed by atoms with Crippen molar-refractivity contribution in [1.29, 1.82) is 0 Å². The average molecular weight is 557 g/mol. The number of methoxy groups -OCH3 is 3. The van der Waals surface area contributed by atoms with Gasteiger partial charge in [-0.3, -0.25) is 9.36 Å². The van der Waals surface area contributed by atoms with Crippen molar-refractivity contribution in [2.24, 2.45) is 4.99 Å². The Morgan fingerprint density at radius 2 is 1.70 bits per heavy atom. The fourth-order valence-electron chi connectivity index (χ4n) is 4.71. The maximum atomic E-state index is 14.1. The first-order chi connectivity index (χ1) is 19.5. The van der Waals surface area contributed by atoms with Gasteiger partial charge in [0.15, 0.2) is 16.3 Å². The monoisotopic (exact) mass is 556 g/mol. The summed E-state index contributed by atoms with van der Waals surface area (Å²) in [6, 6.07) is 21.3. The molecule has 40 heavy (non-hydrogen) atoms. The number of thiazole rings is 1. The van der Waals surface area contributed by atoms with Gasteiger partial charge in [-0.2, -0.15) is 0 Å². The second-order valence-electron chi connectivity index (χ2n) is 8.79. The van der Waals surface area contributed by atoms with Crippen molar-refractivity contribution < 1.29 is 23.7 Å². The van der Waals surface area contributed by atoms with Gasteiger partial charge in [0.25, 0.3) is 5.56 Å². The van der Waals surface area contributed by atoms with Crippen LogP contribution in [0, 0.1) is 0 Å². The number of rotatable bonds is 8. The number of hydrogen-bond acceptors (Lipinski definition) is 8. The third kappa shape index (κ3) is 4.91. The second kappa shape index (κ2) is 11.6. The van der Waals surface area contributed by atoms with Gasteiger partial charge in [0.05, 0.1) is 43.7 Å². The van der Waals surface area contributed by atoms with Crippen molar-refractivity contribution >= 4 is 29.1 Å². The highest BCUT2D eigenvalue weighted by molar-refractivity contribution is 7.07. The minimum atomic E-state index is -0.881. The van der Waals surface area contributed by atoms with Gasteiger partial charge in [-0.25, -0.2) is 9.79 Å². The van der Waals surface area contributed by atoms with E-state index in [1.165, 1.54) is 23.0 Å². The van der Waals surface area contributed by atoms with Crippen LogP contribution in [0.4, 0.5) is 0 Å². The lowest BCUT2D eigenvalue weighted by Gasteiger charge is -2.27. The molecule has 0 bridgehead atoms. The molecule has 0 saturated heterocycles. The standard InChI is InChI=1S/C31H28N2O6S/c1-5-39-30(35)25-26(20-10-7-6-8-11-20)32-31-33(27(25)22-12-9-13-23(37-3)28(22)38-4)29(34)24(40-31)18-19-14-16-21(36-2)17-15-19/h6-18,27H,5H2,1-4H3/b24-18+. The van der Waals surface area contributed by atoms with Crippen LogP contribution in [-0.2, 0) is 9.53 Å². The van der Waals surface area contributed by atoms with Crippen molar-refractivity contribution in [3.8, 4) is 17.2 Å². The minimum absolute atomic E-state index is 0.161. The summed E-state index contributed by atoms with van der Waals surface area (Å²) in [5.41, 5.74) is 2.52. The SMILES string of the molecule is CCOC(=O)C1=C(c2ccccc2)N=c2s/c(=C/c3ccc(OC)cc3)c(=O)n2C1c1cccc(OC)c1OC. The molecule has 0 fully saturated rings. The minimum Gasteiger partial charge on any atom is -0.497 e. The topological polar surface area (TPSA) is 88.4 Å². The molecule has 1 aliphatic rings. The van der Waals surface area contributed by atoms with Crippen molar-refractivity contribution in [1.82, 2.24) is 4.57 Å². The van der Waals surface area contributed by atoms with Gasteiger partial charge < -0.3 is 18.9 Å². The number of aromatic nitrogens is 1. The largest absolute Gasteiger partial charge is 0.497 e. The van der Waals surface area contributed by atoms with Crippen LogP contribution in [0.1, 0.15) is 29.7 Å². The van der Waals surface area contributed by atoms with E-state index in [-0.39, 0.29) is 17.7 Å². The molecule has 8 nitrogen and oxygen atoms in total. The van der Waals surface area contributed by atoms with Crippen molar-refractivity contribution in [3.05, 3.63) is 115 Å². The summed E-state index contributed by atoms with van der Waals surface area (Å²) in [7, 11) is 4.67. The Labute approximate surface area is 235 Å². The number of carbonyl (C=O) groups excluding carboxylic acids is 1. The number of ether oxygens (including phenoxy) is 4. The smallest absolute Gasteiger partial charge is 0.338 e. The van der Waals surface area contributed by atoms with E-state index in [2.05, 4.69) is 0 Å². The summed E-state index contributed by atoms with van der Waals surface area (Å²) in [4.78, 5) is 33.0.